The molecule has 0 aliphatic rings. The van der Waals surface area contributed by atoms with Gasteiger partial charge in [0.2, 0.25) is 5.89 Å². The number of ether oxygens (including phenoxy) is 1. The summed E-state index contributed by atoms with van der Waals surface area (Å²) in [6.45, 7) is 0. The van der Waals surface area contributed by atoms with Gasteiger partial charge in [0, 0.05) is 6.07 Å². The highest BCUT2D eigenvalue weighted by atomic mass is 32.1. The average Bonchev–Trinajstić information content (AvgIpc) is 2.93. The highest BCUT2D eigenvalue weighted by molar-refractivity contribution is 7.14. The van der Waals surface area contributed by atoms with Crippen LogP contribution in [0.2, 0.25) is 0 Å². The second-order valence-corrected chi connectivity index (χ2v) is 4.47. The van der Waals surface area contributed by atoms with E-state index in [4.69, 9.17) is 14.9 Å². The molecule has 0 saturated carbocycles. The van der Waals surface area contributed by atoms with Crippen molar-refractivity contribution in [3.05, 3.63) is 29.6 Å². The molecule has 0 fully saturated rings. The maximum atomic E-state index is 5.84. The summed E-state index contributed by atoms with van der Waals surface area (Å²) in [6, 6.07) is 7.37. The quantitative estimate of drug-likeness (QED) is 0.754. The molecule has 0 radical (unpaired) electrons. The highest BCUT2D eigenvalue weighted by Gasteiger charge is 2.12. The molecule has 0 aliphatic carbocycles. The molecule has 0 aliphatic heterocycles. The number of hydrogen-bond acceptors (Lipinski definition) is 5. The first-order valence-electron chi connectivity index (χ1n) is 5.06. The summed E-state index contributed by atoms with van der Waals surface area (Å²) in [6.07, 6.45) is 0. The fourth-order valence-corrected chi connectivity index (χ4v) is 2.37. The zero-order chi connectivity index (χ0) is 11.8. The summed E-state index contributed by atoms with van der Waals surface area (Å²) in [5, 5.41) is 1.92. The summed E-state index contributed by atoms with van der Waals surface area (Å²) >= 11 is 1.52. The molecule has 3 aromatic rings. The van der Waals surface area contributed by atoms with Crippen molar-refractivity contribution in [2.75, 3.05) is 12.8 Å². The molecule has 3 rings (SSSR count). The summed E-state index contributed by atoms with van der Waals surface area (Å²) in [5.41, 5.74) is 8.03. The Balaban J connectivity index is 2.17. The maximum absolute atomic E-state index is 5.84. The third-order valence-electron chi connectivity index (χ3n) is 2.48. The van der Waals surface area contributed by atoms with E-state index in [1.54, 1.807) is 7.11 Å². The van der Waals surface area contributed by atoms with Gasteiger partial charge >= 0.3 is 0 Å². The number of methoxy groups -OCH3 is 1. The monoisotopic (exact) mass is 246 g/mol. The van der Waals surface area contributed by atoms with Gasteiger partial charge < -0.3 is 14.9 Å². The van der Waals surface area contributed by atoms with Crippen LogP contribution in [0.15, 0.2) is 34.1 Å². The number of fused-ring (bicyclic) bond motifs is 1. The fraction of sp³-hybridized carbons (Fsp3) is 0.0833. The van der Waals surface area contributed by atoms with Crippen molar-refractivity contribution in [3.63, 3.8) is 0 Å². The van der Waals surface area contributed by atoms with E-state index in [1.165, 1.54) is 11.3 Å². The zero-order valence-electron chi connectivity index (χ0n) is 9.14. The van der Waals surface area contributed by atoms with E-state index < -0.39 is 0 Å². The summed E-state index contributed by atoms with van der Waals surface area (Å²) in [7, 11) is 1.62. The fourth-order valence-electron chi connectivity index (χ4n) is 1.62. The van der Waals surface area contributed by atoms with Crippen LogP contribution >= 0.6 is 11.3 Å². The second kappa shape index (κ2) is 3.78. The molecule has 2 N–H and O–H groups in total. The van der Waals surface area contributed by atoms with Crippen molar-refractivity contribution >= 4 is 28.1 Å². The molecule has 0 spiro atoms. The molecular formula is C12H10N2O2S. The van der Waals surface area contributed by atoms with E-state index in [0.29, 0.717) is 11.6 Å². The Bertz CT molecular complexity index is 672. The molecule has 0 amide bonds. The lowest BCUT2D eigenvalue weighted by molar-refractivity contribution is 0.415. The van der Waals surface area contributed by atoms with Crippen LogP contribution in [0.5, 0.6) is 5.75 Å². The van der Waals surface area contributed by atoms with E-state index >= 15 is 0 Å². The molecule has 0 saturated heterocycles. The number of benzene rings is 1. The molecule has 86 valence electrons. The minimum Gasteiger partial charge on any atom is -0.497 e. The van der Waals surface area contributed by atoms with E-state index in [2.05, 4.69) is 4.98 Å². The van der Waals surface area contributed by atoms with Gasteiger partial charge in [-0.05, 0) is 23.6 Å². The van der Waals surface area contributed by atoms with Crippen LogP contribution in [0.3, 0.4) is 0 Å². The summed E-state index contributed by atoms with van der Waals surface area (Å²) in [4.78, 5) is 5.27. The van der Waals surface area contributed by atoms with Crippen molar-refractivity contribution in [2.24, 2.45) is 0 Å². The number of oxazole rings is 1. The lowest BCUT2D eigenvalue weighted by Gasteiger charge is -1.95. The van der Waals surface area contributed by atoms with E-state index in [-0.39, 0.29) is 0 Å². The van der Waals surface area contributed by atoms with Gasteiger partial charge in [-0.3, -0.25) is 0 Å². The number of thiophene rings is 1. The maximum Gasteiger partial charge on any atom is 0.239 e. The number of aromatic nitrogens is 1. The van der Waals surface area contributed by atoms with Gasteiger partial charge in [0.15, 0.2) is 5.58 Å². The van der Waals surface area contributed by atoms with Gasteiger partial charge in [0.05, 0.1) is 12.8 Å². The Labute approximate surface area is 102 Å². The second-order valence-electron chi connectivity index (χ2n) is 3.56. The molecule has 17 heavy (non-hydrogen) atoms. The van der Waals surface area contributed by atoms with Crippen LogP contribution in [0.1, 0.15) is 0 Å². The topological polar surface area (TPSA) is 61.3 Å². The third-order valence-corrected chi connectivity index (χ3v) is 3.40. The molecule has 1 aromatic carbocycles. The van der Waals surface area contributed by atoms with Gasteiger partial charge in [-0.1, -0.05) is 0 Å². The van der Waals surface area contributed by atoms with Gasteiger partial charge in [-0.15, -0.1) is 11.3 Å². The summed E-state index contributed by atoms with van der Waals surface area (Å²) < 4.78 is 10.8. The van der Waals surface area contributed by atoms with Crippen molar-refractivity contribution in [1.82, 2.24) is 4.98 Å². The number of rotatable bonds is 2. The third kappa shape index (κ3) is 1.64. The molecule has 2 aromatic heterocycles. The Kier molecular flexibility index (Phi) is 2.26. The number of nitrogens with zero attached hydrogens (tertiary/aromatic N) is 1. The highest BCUT2D eigenvalue weighted by Crippen LogP contribution is 2.33. The van der Waals surface area contributed by atoms with E-state index in [0.717, 1.165) is 21.7 Å². The first-order valence-corrected chi connectivity index (χ1v) is 5.94. The van der Waals surface area contributed by atoms with Crippen molar-refractivity contribution in [1.29, 1.82) is 0 Å². The van der Waals surface area contributed by atoms with Crippen molar-refractivity contribution in [3.8, 4) is 16.5 Å². The Hall–Kier alpha value is -2.01. The van der Waals surface area contributed by atoms with Crippen molar-refractivity contribution in [2.45, 2.75) is 0 Å². The first-order chi connectivity index (χ1) is 8.28. The van der Waals surface area contributed by atoms with Crippen LogP contribution in [0, 0.1) is 0 Å². The van der Waals surface area contributed by atoms with Gasteiger partial charge in [0.1, 0.15) is 16.1 Å². The average molecular weight is 246 g/mol. The first kappa shape index (κ1) is 10.2. The molecule has 0 bridgehead atoms. The molecule has 5 heteroatoms. The Morgan fingerprint density at radius 1 is 1.35 bits per heavy atom. The molecule has 4 nitrogen and oxygen atoms in total. The molecule has 0 unspecified atom stereocenters. The van der Waals surface area contributed by atoms with E-state index in [9.17, 15) is 0 Å². The lowest BCUT2D eigenvalue weighted by Crippen LogP contribution is -1.83. The van der Waals surface area contributed by atoms with E-state index in [1.807, 2.05) is 29.6 Å². The molecule has 2 heterocycles. The largest absolute Gasteiger partial charge is 0.497 e. The smallest absolute Gasteiger partial charge is 0.239 e. The summed E-state index contributed by atoms with van der Waals surface area (Å²) in [5.74, 6) is 1.32. The molecular weight excluding hydrogens is 236 g/mol. The van der Waals surface area contributed by atoms with Crippen LogP contribution in [-0.4, -0.2) is 12.1 Å². The number of nitrogens with two attached hydrogens (primary N) is 1. The van der Waals surface area contributed by atoms with Crippen LogP contribution < -0.4 is 10.5 Å². The Morgan fingerprint density at radius 2 is 2.24 bits per heavy atom. The minimum absolute atomic E-state index is 0.556. The number of anilines is 1. The Morgan fingerprint density at radius 3 is 2.94 bits per heavy atom. The van der Waals surface area contributed by atoms with Gasteiger partial charge in [-0.2, -0.15) is 0 Å². The molecule has 0 atom stereocenters. The number of hydrogen-bond donors (Lipinski definition) is 1. The van der Waals surface area contributed by atoms with Crippen LogP contribution in [0.4, 0.5) is 5.69 Å². The minimum atomic E-state index is 0.556. The predicted octanol–water partition coefficient (Wildman–Crippen LogP) is 3.15. The standard InChI is InChI=1S/C12H10N2O2S/c1-15-7-2-3-10-9(6-7)14-12(16-10)11-8(13)4-5-17-11/h2-6H,13H2,1H3. The van der Waals surface area contributed by atoms with Crippen LogP contribution in [-0.2, 0) is 0 Å². The lowest BCUT2D eigenvalue weighted by atomic mass is 10.3. The SMILES string of the molecule is COc1ccc2oc(-c3sccc3N)nc2c1. The zero-order valence-corrected chi connectivity index (χ0v) is 9.95. The van der Waals surface area contributed by atoms with Crippen LogP contribution in [0.25, 0.3) is 21.9 Å². The predicted molar refractivity (Wildman–Crippen MR) is 68.3 cm³/mol. The van der Waals surface area contributed by atoms with Gasteiger partial charge in [-0.25, -0.2) is 4.98 Å². The van der Waals surface area contributed by atoms with Crippen molar-refractivity contribution < 1.29 is 9.15 Å². The normalized spacial score (nSPS) is 10.9. The van der Waals surface area contributed by atoms with Gasteiger partial charge in [0.25, 0.3) is 0 Å². The number of nitrogen functional groups attached to an aromatic ring is 1.